The van der Waals surface area contributed by atoms with Crippen molar-refractivity contribution in [2.45, 2.75) is 149 Å². The van der Waals surface area contributed by atoms with E-state index < -0.39 is 99.5 Å². The zero-order chi connectivity index (χ0) is 44.6. The van der Waals surface area contributed by atoms with Gasteiger partial charge in [0.25, 0.3) is 11.8 Å². The summed E-state index contributed by atoms with van der Waals surface area (Å²) in [5.74, 6) is -11.1. The van der Waals surface area contributed by atoms with Gasteiger partial charge >= 0.3 is 12.1 Å². The maximum atomic E-state index is 16.4. The molecule has 0 saturated carbocycles. The van der Waals surface area contributed by atoms with Crippen molar-refractivity contribution in [2.75, 3.05) is 21.1 Å². The standard InChI is InChI=1S/C42H67N3O12/c1-16-25(4)31(43(13)38(54)56-24-30-22-20-19-21-23-30)32(48)41(26(5)17-2,44(14)33(49)28(7)46)36(52)42(27(6)18-3,45(15)34(50)29(8)47)35(51)40(12,55)37(53)57-39(9,10)11/h19-23,25-29,31,46-47,55H,16-18,24H2,1-15H3/t25-,26-,27-,28+,29+,31-,40-,41+,42-/m0/s1. The van der Waals surface area contributed by atoms with Crippen LogP contribution in [-0.2, 0) is 44.8 Å². The summed E-state index contributed by atoms with van der Waals surface area (Å²) in [7, 11) is 3.43. The van der Waals surface area contributed by atoms with Gasteiger partial charge in [0.15, 0.2) is 22.6 Å². The average molecular weight is 806 g/mol. The minimum atomic E-state index is -3.16. The van der Waals surface area contributed by atoms with Crippen LogP contribution in [0.25, 0.3) is 0 Å². The van der Waals surface area contributed by atoms with Crippen LogP contribution in [0.2, 0.25) is 0 Å². The maximum absolute atomic E-state index is 16.4. The Labute approximate surface area is 338 Å². The first-order valence-corrected chi connectivity index (χ1v) is 19.6. The number of amides is 3. The summed E-state index contributed by atoms with van der Waals surface area (Å²) in [5.41, 5.74) is -9.54. The van der Waals surface area contributed by atoms with Gasteiger partial charge in [0.1, 0.15) is 24.4 Å². The summed E-state index contributed by atoms with van der Waals surface area (Å²) in [6, 6.07) is 7.23. The zero-order valence-corrected chi connectivity index (χ0v) is 36.5. The minimum Gasteiger partial charge on any atom is -0.457 e. The Morgan fingerprint density at radius 3 is 1.53 bits per heavy atom. The lowest BCUT2D eigenvalue weighted by atomic mass is 9.59. The van der Waals surface area contributed by atoms with Gasteiger partial charge in [-0.3, -0.25) is 24.0 Å². The molecule has 1 rings (SSSR count). The van der Waals surface area contributed by atoms with E-state index in [-0.39, 0.29) is 25.9 Å². The van der Waals surface area contributed by atoms with Crippen molar-refractivity contribution in [3.8, 4) is 0 Å². The predicted molar refractivity (Wildman–Crippen MR) is 212 cm³/mol. The van der Waals surface area contributed by atoms with Crippen molar-refractivity contribution in [3.63, 3.8) is 0 Å². The lowest BCUT2D eigenvalue weighted by Gasteiger charge is -2.54. The number of hydrogen-bond acceptors (Lipinski definition) is 12. The number of nitrogens with zero attached hydrogens (tertiary/aromatic N) is 3. The van der Waals surface area contributed by atoms with Gasteiger partial charge in [-0.15, -0.1) is 0 Å². The summed E-state index contributed by atoms with van der Waals surface area (Å²) < 4.78 is 11.0. The number of carbonyl (C=O) groups is 7. The molecule has 3 amide bonds. The molecule has 0 unspecified atom stereocenters. The van der Waals surface area contributed by atoms with E-state index in [0.29, 0.717) is 10.5 Å². The van der Waals surface area contributed by atoms with Gasteiger partial charge in [0, 0.05) is 21.1 Å². The van der Waals surface area contributed by atoms with Crippen molar-refractivity contribution in [1.29, 1.82) is 0 Å². The number of ketones is 3. The Kier molecular flexibility index (Phi) is 17.8. The number of benzene rings is 1. The molecule has 15 nitrogen and oxygen atoms in total. The van der Waals surface area contributed by atoms with Crippen LogP contribution in [-0.4, -0.2) is 133 Å². The Morgan fingerprint density at radius 2 is 1.12 bits per heavy atom. The van der Waals surface area contributed by atoms with Crippen LogP contribution >= 0.6 is 0 Å². The van der Waals surface area contributed by atoms with Crippen molar-refractivity contribution in [1.82, 2.24) is 14.7 Å². The van der Waals surface area contributed by atoms with E-state index in [9.17, 15) is 34.5 Å². The van der Waals surface area contributed by atoms with Crippen LogP contribution < -0.4 is 0 Å². The highest BCUT2D eigenvalue weighted by molar-refractivity contribution is 6.30. The smallest absolute Gasteiger partial charge is 0.410 e. The first kappa shape index (κ1) is 50.8. The van der Waals surface area contributed by atoms with E-state index in [1.165, 1.54) is 41.7 Å². The van der Waals surface area contributed by atoms with E-state index in [0.717, 1.165) is 44.7 Å². The highest BCUT2D eigenvalue weighted by Crippen LogP contribution is 2.44. The second-order valence-electron chi connectivity index (χ2n) is 16.4. The van der Waals surface area contributed by atoms with E-state index >= 15 is 14.4 Å². The molecule has 1 aromatic rings. The fourth-order valence-corrected chi connectivity index (χ4v) is 7.24. The van der Waals surface area contributed by atoms with E-state index in [2.05, 4.69) is 0 Å². The Morgan fingerprint density at radius 1 is 0.684 bits per heavy atom. The zero-order valence-electron chi connectivity index (χ0n) is 36.5. The van der Waals surface area contributed by atoms with Gasteiger partial charge in [-0.1, -0.05) is 91.1 Å². The largest absolute Gasteiger partial charge is 0.457 e. The van der Waals surface area contributed by atoms with Gasteiger partial charge < -0.3 is 39.5 Å². The summed E-state index contributed by atoms with van der Waals surface area (Å²) in [4.78, 5) is 106. The van der Waals surface area contributed by atoms with Crippen LogP contribution in [0.15, 0.2) is 30.3 Å². The number of carbonyl (C=O) groups excluding carboxylic acids is 7. The molecule has 0 heterocycles. The predicted octanol–water partition coefficient (Wildman–Crippen LogP) is 3.72. The molecule has 0 fully saturated rings. The Bertz CT molecular complexity index is 1600. The lowest BCUT2D eigenvalue weighted by molar-refractivity contribution is -0.188. The fourth-order valence-electron chi connectivity index (χ4n) is 7.24. The molecular weight excluding hydrogens is 738 g/mol. The number of rotatable bonds is 20. The molecule has 0 spiro atoms. The number of esters is 1. The normalized spacial score (nSPS) is 18.1. The topological polar surface area (TPSA) is 208 Å². The maximum Gasteiger partial charge on any atom is 0.410 e. The molecule has 0 aromatic heterocycles. The monoisotopic (exact) mass is 805 g/mol. The SMILES string of the molecule is CC[C@H](C)[C@@H](C(=O)[C@@](C(=O)[C@@](C(=O)[C@](C)(O)C(=O)OC(C)(C)C)([C@@H](C)CC)N(C)C(=O)[C@@H](C)O)([C@@H](C)CC)N(C)C(=O)[C@@H](C)O)N(C)C(=O)OCc1ccccc1. The third-order valence-corrected chi connectivity index (χ3v) is 11.1. The van der Waals surface area contributed by atoms with E-state index in [1.54, 1.807) is 58.0 Å². The number of likely N-dealkylation sites (N-methyl/N-ethyl adjacent to an activating group) is 3. The summed E-state index contributed by atoms with van der Waals surface area (Å²) in [6.45, 7) is 16.8. The van der Waals surface area contributed by atoms with E-state index in [1.807, 2.05) is 0 Å². The van der Waals surface area contributed by atoms with Gasteiger partial charge in [0.05, 0.1) is 6.04 Å². The Balaban J connectivity index is 4.64. The van der Waals surface area contributed by atoms with Crippen molar-refractivity contribution >= 4 is 41.2 Å². The van der Waals surface area contributed by atoms with Crippen LogP contribution in [0.5, 0.6) is 0 Å². The lowest BCUT2D eigenvalue weighted by Crippen LogP contribution is -2.80. The first-order valence-electron chi connectivity index (χ1n) is 19.6. The third-order valence-electron chi connectivity index (χ3n) is 11.1. The molecule has 57 heavy (non-hydrogen) atoms. The summed E-state index contributed by atoms with van der Waals surface area (Å²) >= 11 is 0. The molecule has 15 heteroatoms. The number of ether oxygens (including phenoxy) is 2. The number of aliphatic hydroxyl groups is 3. The summed E-state index contributed by atoms with van der Waals surface area (Å²) in [5, 5.41) is 33.3. The third kappa shape index (κ3) is 10.3. The number of Topliss-reactive ketones (excluding diaryl/α,β-unsaturated/α-hetero) is 3. The van der Waals surface area contributed by atoms with Crippen molar-refractivity contribution < 1.29 is 58.4 Å². The Hall–Kier alpha value is -4.21. The highest BCUT2D eigenvalue weighted by Gasteiger charge is 2.70. The van der Waals surface area contributed by atoms with Crippen LogP contribution in [0.3, 0.4) is 0 Å². The van der Waals surface area contributed by atoms with E-state index in [4.69, 9.17) is 9.47 Å². The average Bonchev–Trinajstić information content (AvgIpc) is 3.15. The summed E-state index contributed by atoms with van der Waals surface area (Å²) in [6.07, 6.45) is -4.44. The molecular formula is C42H67N3O12. The van der Waals surface area contributed by atoms with Crippen molar-refractivity contribution in [2.24, 2.45) is 17.8 Å². The molecule has 0 saturated heterocycles. The van der Waals surface area contributed by atoms with Crippen LogP contribution in [0, 0.1) is 17.8 Å². The molecule has 9 atom stereocenters. The van der Waals surface area contributed by atoms with Gasteiger partial charge in [-0.2, -0.15) is 0 Å². The second-order valence-corrected chi connectivity index (χ2v) is 16.4. The van der Waals surface area contributed by atoms with Gasteiger partial charge in [0.2, 0.25) is 11.4 Å². The van der Waals surface area contributed by atoms with Gasteiger partial charge in [-0.05, 0) is 64.9 Å². The molecule has 0 radical (unpaired) electrons. The second kappa shape index (κ2) is 20.0. The molecule has 0 aliphatic carbocycles. The molecule has 322 valence electrons. The van der Waals surface area contributed by atoms with Crippen LogP contribution in [0.4, 0.5) is 4.79 Å². The molecule has 0 aliphatic heterocycles. The quantitative estimate of drug-likeness (QED) is 0.127. The number of aliphatic hydroxyl groups excluding tert-OH is 2. The highest BCUT2D eigenvalue weighted by atomic mass is 16.6. The molecule has 3 N–H and O–H groups in total. The number of hydrogen-bond donors (Lipinski definition) is 3. The van der Waals surface area contributed by atoms with Gasteiger partial charge in [-0.25, -0.2) is 9.59 Å². The van der Waals surface area contributed by atoms with Crippen molar-refractivity contribution in [3.05, 3.63) is 35.9 Å². The molecule has 0 aliphatic rings. The minimum absolute atomic E-state index is 0.0222. The molecule has 1 aromatic carbocycles. The molecule has 0 bridgehead atoms. The fraction of sp³-hybridized carbons (Fsp3) is 0.690. The van der Waals surface area contributed by atoms with Crippen LogP contribution in [0.1, 0.15) is 108 Å². The first-order chi connectivity index (χ1) is 26.1.